The predicted octanol–water partition coefficient (Wildman–Crippen LogP) is 5.04. The Morgan fingerprint density at radius 2 is 1.66 bits per heavy atom. The maximum Gasteiger partial charge on any atom is 0.243 e. The van der Waals surface area contributed by atoms with Crippen LogP contribution in [0.5, 0.6) is 0 Å². The highest BCUT2D eigenvalue weighted by Crippen LogP contribution is 2.22. The summed E-state index contributed by atoms with van der Waals surface area (Å²) in [6.45, 7) is 2.29. The van der Waals surface area contributed by atoms with E-state index in [0.29, 0.717) is 23.8 Å². The molecule has 0 spiro atoms. The zero-order valence-corrected chi connectivity index (χ0v) is 20.5. The van der Waals surface area contributed by atoms with Gasteiger partial charge in [-0.25, -0.2) is 13.4 Å². The molecular formula is C27H27N3O4S. The summed E-state index contributed by atoms with van der Waals surface area (Å²) in [6, 6.07) is 23.5. The molecule has 0 fully saturated rings. The van der Waals surface area contributed by atoms with Crippen LogP contribution in [0.1, 0.15) is 23.4 Å². The van der Waals surface area contributed by atoms with E-state index in [9.17, 15) is 13.2 Å². The number of amides is 1. The van der Waals surface area contributed by atoms with Crippen LogP contribution in [0.15, 0.2) is 94.4 Å². The Labute approximate surface area is 205 Å². The summed E-state index contributed by atoms with van der Waals surface area (Å²) in [4.78, 5) is 16.8. The average molecular weight is 490 g/mol. The van der Waals surface area contributed by atoms with Crippen LogP contribution in [0.3, 0.4) is 0 Å². The molecule has 0 saturated carbocycles. The fourth-order valence-corrected chi connectivity index (χ4v) is 4.70. The molecule has 0 unspecified atom stereocenters. The lowest BCUT2D eigenvalue weighted by molar-refractivity contribution is -0.116. The standard InChI is InChI=1S/C27H27N3O4S/c1-20-8-10-22(11-9-20)25-18-28-27(34-25)17-16-26(31)29-23-12-14-24(15-13-23)35(32,33)30(2)19-21-6-4-3-5-7-21/h3-15,18H,16-17,19H2,1-2H3,(H,29,31). The summed E-state index contributed by atoms with van der Waals surface area (Å²) < 4.78 is 32.8. The number of anilines is 1. The molecule has 0 aliphatic heterocycles. The minimum atomic E-state index is -3.65. The molecule has 0 saturated heterocycles. The van der Waals surface area contributed by atoms with Crippen molar-refractivity contribution in [2.75, 3.05) is 12.4 Å². The van der Waals surface area contributed by atoms with Crippen LogP contribution in [-0.2, 0) is 27.8 Å². The molecule has 0 bridgehead atoms. The van der Waals surface area contributed by atoms with E-state index in [4.69, 9.17) is 4.42 Å². The molecule has 3 aromatic carbocycles. The van der Waals surface area contributed by atoms with Crippen LogP contribution in [0.25, 0.3) is 11.3 Å². The molecule has 4 rings (SSSR count). The molecule has 4 aromatic rings. The lowest BCUT2D eigenvalue weighted by atomic mass is 10.1. The minimum absolute atomic E-state index is 0.164. The molecule has 1 N–H and O–H groups in total. The van der Waals surface area contributed by atoms with Gasteiger partial charge in [-0.3, -0.25) is 4.79 Å². The first-order valence-electron chi connectivity index (χ1n) is 11.2. The zero-order chi connectivity index (χ0) is 24.8. The third kappa shape index (κ3) is 6.23. The number of hydrogen-bond acceptors (Lipinski definition) is 5. The van der Waals surface area contributed by atoms with Crippen molar-refractivity contribution in [2.45, 2.75) is 31.2 Å². The number of benzene rings is 3. The van der Waals surface area contributed by atoms with Gasteiger partial charge in [0.2, 0.25) is 15.9 Å². The van der Waals surface area contributed by atoms with Crippen LogP contribution in [0.4, 0.5) is 5.69 Å². The van der Waals surface area contributed by atoms with E-state index in [-0.39, 0.29) is 23.8 Å². The van der Waals surface area contributed by atoms with E-state index in [1.54, 1.807) is 25.4 Å². The van der Waals surface area contributed by atoms with Crippen molar-refractivity contribution >= 4 is 21.6 Å². The molecule has 1 amide bonds. The smallest absolute Gasteiger partial charge is 0.243 e. The van der Waals surface area contributed by atoms with E-state index in [0.717, 1.165) is 16.7 Å². The van der Waals surface area contributed by atoms with Gasteiger partial charge in [0.05, 0.1) is 11.1 Å². The fraction of sp³-hybridized carbons (Fsp3) is 0.185. The lowest BCUT2D eigenvalue weighted by Gasteiger charge is -2.17. The van der Waals surface area contributed by atoms with Gasteiger partial charge in [-0.1, -0.05) is 60.2 Å². The topological polar surface area (TPSA) is 92.5 Å². The van der Waals surface area contributed by atoms with Crippen molar-refractivity contribution in [3.8, 4) is 11.3 Å². The second-order valence-corrected chi connectivity index (χ2v) is 10.3. The summed E-state index contributed by atoms with van der Waals surface area (Å²) in [5.74, 6) is 0.935. The second-order valence-electron chi connectivity index (χ2n) is 8.30. The SMILES string of the molecule is Cc1ccc(-c2cnc(CCC(=O)Nc3ccc(S(=O)(=O)N(C)Cc4ccccc4)cc3)o2)cc1. The van der Waals surface area contributed by atoms with Gasteiger partial charge in [0, 0.05) is 37.7 Å². The molecule has 8 heteroatoms. The number of oxazole rings is 1. The monoisotopic (exact) mass is 489 g/mol. The number of carbonyl (C=O) groups excluding carboxylic acids is 1. The molecule has 0 aliphatic carbocycles. The van der Waals surface area contributed by atoms with E-state index in [2.05, 4.69) is 10.3 Å². The van der Waals surface area contributed by atoms with E-state index in [1.165, 1.54) is 16.4 Å². The Hall–Kier alpha value is -3.75. The van der Waals surface area contributed by atoms with Crippen molar-refractivity contribution in [3.63, 3.8) is 0 Å². The quantitative estimate of drug-likeness (QED) is 0.356. The molecule has 7 nitrogen and oxygen atoms in total. The zero-order valence-electron chi connectivity index (χ0n) is 19.6. The van der Waals surface area contributed by atoms with Crippen LogP contribution in [0, 0.1) is 6.92 Å². The number of rotatable bonds is 9. The molecule has 180 valence electrons. The highest BCUT2D eigenvalue weighted by molar-refractivity contribution is 7.89. The second kappa shape index (κ2) is 10.7. The van der Waals surface area contributed by atoms with E-state index < -0.39 is 10.0 Å². The third-order valence-corrected chi connectivity index (χ3v) is 7.37. The van der Waals surface area contributed by atoms with Crippen molar-refractivity contribution in [1.82, 2.24) is 9.29 Å². The van der Waals surface area contributed by atoms with E-state index >= 15 is 0 Å². The third-order valence-electron chi connectivity index (χ3n) is 5.55. The molecule has 0 atom stereocenters. The summed E-state index contributed by atoms with van der Waals surface area (Å²) in [6.07, 6.45) is 2.20. The van der Waals surface area contributed by atoms with Gasteiger partial charge < -0.3 is 9.73 Å². The lowest BCUT2D eigenvalue weighted by Crippen LogP contribution is -2.26. The molecule has 1 aromatic heterocycles. The predicted molar refractivity (Wildman–Crippen MR) is 135 cm³/mol. The summed E-state index contributed by atoms with van der Waals surface area (Å²) in [5, 5.41) is 2.79. The molecule has 0 aliphatic rings. The van der Waals surface area contributed by atoms with Gasteiger partial charge in [0.1, 0.15) is 0 Å². The van der Waals surface area contributed by atoms with Crippen LogP contribution in [0.2, 0.25) is 0 Å². The summed E-state index contributed by atoms with van der Waals surface area (Å²) in [7, 11) is -2.11. The number of sulfonamides is 1. The van der Waals surface area contributed by atoms with Gasteiger partial charge in [-0.2, -0.15) is 4.31 Å². The number of hydrogen-bond donors (Lipinski definition) is 1. The minimum Gasteiger partial charge on any atom is -0.441 e. The Kier molecular flexibility index (Phi) is 7.43. The molecular weight excluding hydrogens is 462 g/mol. The summed E-state index contributed by atoms with van der Waals surface area (Å²) in [5.41, 5.74) is 3.52. The molecule has 1 heterocycles. The van der Waals surface area contributed by atoms with Gasteiger partial charge in [-0.05, 0) is 36.8 Å². The molecule has 0 radical (unpaired) electrons. The fourth-order valence-electron chi connectivity index (χ4n) is 3.54. The van der Waals surface area contributed by atoms with Crippen molar-refractivity contribution in [3.05, 3.63) is 102 Å². The first-order chi connectivity index (χ1) is 16.8. The Morgan fingerprint density at radius 1 is 0.971 bits per heavy atom. The van der Waals surface area contributed by atoms with Crippen LogP contribution < -0.4 is 5.32 Å². The van der Waals surface area contributed by atoms with E-state index in [1.807, 2.05) is 61.5 Å². The first kappa shape index (κ1) is 24.4. The van der Waals surface area contributed by atoms with Gasteiger partial charge >= 0.3 is 0 Å². The summed E-state index contributed by atoms with van der Waals surface area (Å²) >= 11 is 0. The number of nitrogens with zero attached hydrogens (tertiary/aromatic N) is 2. The average Bonchev–Trinajstić information content (AvgIpc) is 3.33. The Bertz CT molecular complexity index is 1380. The Morgan fingerprint density at radius 3 is 2.34 bits per heavy atom. The van der Waals surface area contributed by atoms with Crippen LogP contribution >= 0.6 is 0 Å². The number of carbonyl (C=O) groups is 1. The van der Waals surface area contributed by atoms with Gasteiger partial charge in [0.15, 0.2) is 11.7 Å². The van der Waals surface area contributed by atoms with Crippen LogP contribution in [-0.4, -0.2) is 30.7 Å². The highest BCUT2D eigenvalue weighted by atomic mass is 32.2. The maximum atomic E-state index is 12.9. The number of nitrogens with one attached hydrogen (secondary N) is 1. The van der Waals surface area contributed by atoms with Crippen molar-refractivity contribution in [2.24, 2.45) is 0 Å². The first-order valence-corrected chi connectivity index (χ1v) is 12.7. The number of aryl methyl sites for hydroxylation is 2. The normalized spacial score (nSPS) is 11.5. The largest absolute Gasteiger partial charge is 0.441 e. The maximum absolute atomic E-state index is 12.9. The van der Waals surface area contributed by atoms with Gasteiger partial charge in [0.25, 0.3) is 0 Å². The van der Waals surface area contributed by atoms with Crippen molar-refractivity contribution in [1.29, 1.82) is 0 Å². The van der Waals surface area contributed by atoms with Gasteiger partial charge in [-0.15, -0.1) is 0 Å². The molecule has 35 heavy (non-hydrogen) atoms. The Balaban J connectivity index is 1.31. The van der Waals surface area contributed by atoms with Crippen molar-refractivity contribution < 1.29 is 17.6 Å². The number of aromatic nitrogens is 1. The highest BCUT2D eigenvalue weighted by Gasteiger charge is 2.21.